The van der Waals surface area contributed by atoms with Gasteiger partial charge < -0.3 is 4.74 Å². The van der Waals surface area contributed by atoms with Crippen LogP contribution in [0.4, 0.5) is 0 Å². The van der Waals surface area contributed by atoms with E-state index < -0.39 is 11.4 Å². The van der Waals surface area contributed by atoms with Crippen molar-refractivity contribution in [1.29, 1.82) is 0 Å². The first kappa shape index (κ1) is 16.4. The number of para-hydroxylation sites is 1. The van der Waals surface area contributed by atoms with E-state index in [9.17, 15) is 14.4 Å². The standard InChI is InChI=1S/C24H14O4/c25-20-14-19(22(26)17-11-5-4-10-16(17)20)24(15-8-2-1-3-9-15)18-12-6-7-13-21(18)28-23(24)27/h1-14H/t24-/m1/s1. The van der Waals surface area contributed by atoms with Crippen LogP contribution in [0.1, 0.15) is 31.8 Å². The summed E-state index contributed by atoms with van der Waals surface area (Å²) < 4.78 is 5.56. The Morgan fingerprint density at radius 3 is 2.11 bits per heavy atom. The molecule has 4 nitrogen and oxygen atoms in total. The molecule has 3 aromatic carbocycles. The lowest BCUT2D eigenvalue weighted by Gasteiger charge is -2.30. The number of hydrogen-bond acceptors (Lipinski definition) is 4. The van der Waals surface area contributed by atoms with E-state index in [1.165, 1.54) is 6.08 Å². The SMILES string of the molecule is O=C1C=C([C@]2(c3ccccc3)C(=O)Oc3ccccc32)C(=O)c2ccccc21. The van der Waals surface area contributed by atoms with Gasteiger partial charge in [0.15, 0.2) is 17.0 Å². The minimum absolute atomic E-state index is 0.123. The van der Waals surface area contributed by atoms with E-state index in [0.29, 0.717) is 28.0 Å². The van der Waals surface area contributed by atoms with Gasteiger partial charge in [-0.2, -0.15) is 0 Å². The van der Waals surface area contributed by atoms with Gasteiger partial charge >= 0.3 is 5.97 Å². The number of allylic oxidation sites excluding steroid dienone is 1. The molecule has 1 atom stereocenters. The van der Waals surface area contributed by atoms with Crippen molar-refractivity contribution < 1.29 is 19.1 Å². The topological polar surface area (TPSA) is 60.4 Å². The van der Waals surface area contributed by atoms with Gasteiger partial charge in [0.25, 0.3) is 0 Å². The van der Waals surface area contributed by atoms with Crippen LogP contribution in [0.3, 0.4) is 0 Å². The van der Waals surface area contributed by atoms with Crippen molar-refractivity contribution >= 4 is 17.5 Å². The summed E-state index contributed by atoms with van der Waals surface area (Å²) in [6.45, 7) is 0. The predicted molar refractivity (Wildman–Crippen MR) is 102 cm³/mol. The first-order chi connectivity index (χ1) is 13.6. The normalized spacial score (nSPS) is 20.3. The summed E-state index contributed by atoms with van der Waals surface area (Å²) >= 11 is 0. The maximum Gasteiger partial charge on any atom is 0.331 e. The third kappa shape index (κ3) is 2.03. The highest BCUT2D eigenvalue weighted by atomic mass is 16.5. The van der Waals surface area contributed by atoms with Crippen LogP contribution in [-0.4, -0.2) is 17.5 Å². The monoisotopic (exact) mass is 366 g/mol. The summed E-state index contributed by atoms with van der Waals surface area (Å²) in [5.41, 5.74) is 0.460. The highest BCUT2D eigenvalue weighted by molar-refractivity contribution is 6.28. The molecule has 28 heavy (non-hydrogen) atoms. The van der Waals surface area contributed by atoms with Gasteiger partial charge in [0.05, 0.1) is 0 Å². The molecule has 0 saturated heterocycles. The molecule has 0 saturated carbocycles. The summed E-state index contributed by atoms with van der Waals surface area (Å²) in [5, 5.41) is 0. The second-order valence-corrected chi connectivity index (χ2v) is 6.80. The van der Waals surface area contributed by atoms with E-state index in [2.05, 4.69) is 0 Å². The van der Waals surface area contributed by atoms with Crippen LogP contribution in [0.2, 0.25) is 0 Å². The number of esters is 1. The molecular weight excluding hydrogens is 352 g/mol. The lowest BCUT2D eigenvalue weighted by molar-refractivity contribution is -0.135. The molecule has 0 fully saturated rings. The Bertz CT molecular complexity index is 1190. The molecule has 134 valence electrons. The van der Waals surface area contributed by atoms with Gasteiger partial charge in [-0.15, -0.1) is 0 Å². The summed E-state index contributed by atoms with van der Waals surface area (Å²) in [6.07, 6.45) is 1.29. The van der Waals surface area contributed by atoms with Crippen LogP contribution in [-0.2, 0) is 10.2 Å². The number of carbonyl (C=O) groups excluding carboxylic acids is 3. The smallest absolute Gasteiger partial charge is 0.331 e. The van der Waals surface area contributed by atoms with Gasteiger partial charge in [-0.3, -0.25) is 9.59 Å². The Morgan fingerprint density at radius 1 is 0.679 bits per heavy atom. The number of ketones is 2. The van der Waals surface area contributed by atoms with Crippen molar-refractivity contribution in [2.24, 2.45) is 0 Å². The van der Waals surface area contributed by atoms with Crippen LogP contribution in [0, 0.1) is 0 Å². The van der Waals surface area contributed by atoms with Crippen LogP contribution >= 0.6 is 0 Å². The molecule has 2 aliphatic rings. The minimum atomic E-state index is -1.47. The molecule has 1 aliphatic heterocycles. The Morgan fingerprint density at radius 2 is 1.32 bits per heavy atom. The minimum Gasteiger partial charge on any atom is -0.425 e. The average Bonchev–Trinajstić information content (AvgIpc) is 3.04. The van der Waals surface area contributed by atoms with Crippen LogP contribution < -0.4 is 4.74 Å². The fourth-order valence-corrected chi connectivity index (χ4v) is 4.12. The quantitative estimate of drug-likeness (QED) is 0.510. The van der Waals surface area contributed by atoms with Crippen LogP contribution in [0.25, 0.3) is 0 Å². The number of fused-ring (bicyclic) bond motifs is 2. The zero-order chi connectivity index (χ0) is 19.3. The van der Waals surface area contributed by atoms with E-state index in [1.54, 1.807) is 72.8 Å². The summed E-state index contributed by atoms with van der Waals surface area (Å²) in [6, 6.07) is 22.7. The van der Waals surface area contributed by atoms with Gasteiger partial charge in [0, 0.05) is 22.3 Å². The second-order valence-electron chi connectivity index (χ2n) is 6.80. The average molecular weight is 366 g/mol. The first-order valence-electron chi connectivity index (χ1n) is 8.91. The molecule has 0 unspecified atom stereocenters. The van der Waals surface area contributed by atoms with Gasteiger partial charge in [-0.1, -0.05) is 72.8 Å². The van der Waals surface area contributed by atoms with Crippen molar-refractivity contribution in [1.82, 2.24) is 0 Å². The maximum atomic E-state index is 13.5. The predicted octanol–water partition coefficient (Wildman–Crippen LogP) is 3.90. The van der Waals surface area contributed by atoms with Gasteiger partial charge in [0.1, 0.15) is 5.75 Å². The Balaban J connectivity index is 1.85. The zero-order valence-corrected chi connectivity index (χ0v) is 14.7. The van der Waals surface area contributed by atoms with Crippen LogP contribution in [0.15, 0.2) is 90.5 Å². The summed E-state index contributed by atoms with van der Waals surface area (Å²) in [4.78, 5) is 39.6. The van der Waals surface area contributed by atoms with Crippen molar-refractivity contribution in [3.63, 3.8) is 0 Å². The van der Waals surface area contributed by atoms with E-state index >= 15 is 0 Å². The van der Waals surface area contributed by atoms with Crippen molar-refractivity contribution in [3.05, 3.63) is 113 Å². The molecule has 5 rings (SSSR count). The number of hydrogen-bond donors (Lipinski definition) is 0. The molecule has 1 heterocycles. The number of carbonyl (C=O) groups is 3. The highest BCUT2D eigenvalue weighted by Crippen LogP contribution is 2.50. The molecule has 0 radical (unpaired) electrons. The van der Waals surface area contributed by atoms with Gasteiger partial charge in [0.2, 0.25) is 0 Å². The largest absolute Gasteiger partial charge is 0.425 e. The van der Waals surface area contributed by atoms with E-state index in [1.807, 2.05) is 6.07 Å². The second kappa shape index (κ2) is 5.86. The molecular formula is C24H14O4. The van der Waals surface area contributed by atoms with E-state index in [4.69, 9.17) is 4.74 Å². The van der Waals surface area contributed by atoms with E-state index in [-0.39, 0.29) is 17.1 Å². The molecule has 4 heteroatoms. The van der Waals surface area contributed by atoms with Crippen LogP contribution in [0.5, 0.6) is 5.75 Å². The van der Waals surface area contributed by atoms with E-state index in [0.717, 1.165) is 0 Å². The summed E-state index contributed by atoms with van der Waals surface area (Å²) in [7, 11) is 0. The number of Topliss-reactive ketones (excluding diaryl/α,β-unsaturated/α-hetero) is 1. The number of benzene rings is 3. The van der Waals surface area contributed by atoms with Crippen molar-refractivity contribution in [2.75, 3.05) is 0 Å². The van der Waals surface area contributed by atoms with Crippen molar-refractivity contribution in [2.45, 2.75) is 5.41 Å². The molecule has 0 spiro atoms. The number of rotatable bonds is 2. The fraction of sp³-hybridized carbons (Fsp3) is 0.0417. The fourth-order valence-electron chi connectivity index (χ4n) is 4.12. The lowest BCUT2D eigenvalue weighted by Crippen LogP contribution is -2.41. The van der Waals surface area contributed by atoms with Gasteiger partial charge in [-0.05, 0) is 17.7 Å². The molecule has 3 aromatic rings. The Hall–Kier alpha value is -3.79. The number of ether oxygens (including phenoxy) is 1. The molecule has 0 amide bonds. The third-order valence-corrected chi connectivity index (χ3v) is 5.37. The summed E-state index contributed by atoms with van der Waals surface area (Å²) in [5.74, 6) is -0.812. The molecule has 1 aliphatic carbocycles. The van der Waals surface area contributed by atoms with Crippen molar-refractivity contribution in [3.8, 4) is 5.75 Å². The van der Waals surface area contributed by atoms with Gasteiger partial charge in [-0.25, -0.2) is 4.79 Å². The highest BCUT2D eigenvalue weighted by Gasteiger charge is 2.56. The lowest BCUT2D eigenvalue weighted by atomic mass is 9.66. The Kier molecular flexibility index (Phi) is 3.43. The Labute approximate surface area is 161 Å². The maximum absolute atomic E-state index is 13.5. The molecule has 0 N–H and O–H groups in total. The molecule has 0 bridgehead atoms. The first-order valence-corrected chi connectivity index (χ1v) is 8.91. The third-order valence-electron chi connectivity index (χ3n) is 5.37. The molecule has 0 aromatic heterocycles. The zero-order valence-electron chi connectivity index (χ0n) is 14.7.